The lowest BCUT2D eigenvalue weighted by Gasteiger charge is -2.33. The van der Waals surface area contributed by atoms with E-state index in [2.05, 4.69) is 32.2 Å². The highest BCUT2D eigenvalue weighted by atomic mass is 16.1. The maximum Gasteiger partial charge on any atom is 0.268 e. The maximum absolute atomic E-state index is 11.7. The predicted octanol–water partition coefficient (Wildman–Crippen LogP) is 1.77. The maximum atomic E-state index is 11.7. The summed E-state index contributed by atoms with van der Waals surface area (Å²) in [5.74, 6) is 2.37. The molecule has 0 aliphatic carbocycles. The van der Waals surface area contributed by atoms with Gasteiger partial charge in [0, 0.05) is 44.5 Å². The van der Waals surface area contributed by atoms with E-state index in [4.69, 9.17) is 0 Å². The summed E-state index contributed by atoms with van der Waals surface area (Å²) in [5, 5.41) is 7.62. The Hall–Kier alpha value is -2.44. The van der Waals surface area contributed by atoms with E-state index < -0.39 is 0 Å². The van der Waals surface area contributed by atoms with Gasteiger partial charge >= 0.3 is 0 Å². The Bertz CT molecular complexity index is 779. The molecule has 0 bridgehead atoms. The van der Waals surface area contributed by atoms with Crippen LogP contribution in [0.4, 0.5) is 11.5 Å². The molecule has 134 valence electrons. The summed E-state index contributed by atoms with van der Waals surface area (Å²) >= 11 is 0. The molecule has 1 fully saturated rings. The number of nitrogens with one attached hydrogen (secondary N) is 1. The van der Waals surface area contributed by atoms with Crippen LogP contribution < -0.4 is 15.8 Å². The molecule has 1 saturated heterocycles. The lowest BCUT2D eigenvalue weighted by Crippen LogP contribution is -2.37. The number of hydrogen-bond acceptors (Lipinski definition) is 6. The number of hydrogen-bond donors (Lipinski definition) is 1. The molecule has 7 nitrogen and oxygen atoms in total. The molecule has 2 aromatic rings. The van der Waals surface area contributed by atoms with Crippen molar-refractivity contribution in [1.29, 1.82) is 0 Å². The molecule has 0 unspecified atom stereocenters. The smallest absolute Gasteiger partial charge is 0.268 e. The van der Waals surface area contributed by atoms with Gasteiger partial charge in [-0.3, -0.25) is 4.79 Å². The van der Waals surface area contributed by atoms with Crippen LogP contribution in [0.2, 0.25) is 0 Å². The van der Waals surface area contributed by atoms with Crippen molar-refractivity contribution in [1.82, 2.24) is 19.7 Å². The average Bonchev–Trinajstić information content (AvgIpc) is 2.63. The average molecular weight is 342 g/mol. The van der Waals surface area contributed by atoms with Gasteiger partial charge < -0.3 is 10.2 Å². The number of aromatic nitrogens is 4. The van der Waals surface area contributed by atoms with Crippen molar-refractivity contribution < 1.29 is 0 Å². The lowest BCUT2D eigenvalue weighted by atomic mass is 9.96. The van der Waals surface area contributed by atoms with Crippen molar-refractivity contribution in [3.8, 4) is 0 Å². The van der Waals surface area contributed by atoms with Crippen LogP contribution in [0.3, 0.4) is 0 Å². The highest BCUT2D eigenvalue weighted by Crippen LogP contribution is 2.22. The van der Waals surface area contributed by atoms with Crippen LogP contribution in [0.25, 0.3) is 0 Å². The van der Waals surface area contributed by atoms with Gasteiger partial charge in [0.1, 0.15) is 11.6 Å². The minimum absolute atomic E-state index is 0.0625. The molecular weight excluding hydrogens is 316 g/mol. The van der Waals surface area contributed by atoms with Crippen molar-refractivity contribution in [3.63, 3.8) is 0 Å². The van der Waals surface area contributed by atoms with Gasteiger partial charge in [0.15, 0.2) is 0 Å². The second-order valence-corrected chi connectivity index (χ2v) is 6.63. The second-order valence-electron chi connectivity index (χ2n) is 6.63. The standard InChI is InChI=1S/C18H26N6O/c1-4-15-11-19-13(2)22-18(15)20-10-14-5-7-24(8-6-14)16-9-17(25)23(3)21-12-16/h9,11-12,14H,4-8,10H2,1-3H3,(H,19,20,22). The summed E-state index contributed by atoms with van der Waals surface area (Å²) in [6, 6.07) is 1.67. The Morgan fingerprint density at radius 3 is 2.72 bits per heavy atom. The molecule has 0 atom stereocenters. The van der Waals surface area contributed by atoms with Gasteiger partial charge in [-0.05, 0) is 32.1 Å². The Morgan fingerprint density at radius 1 is 1.28 bits per heavy atom. The minimum Gasteiger partial charge on any atom is -0.370 e. The van der Waals surface area contributed by atoms with Gasteiger partial charge in [-0.15, -0.1) is 0 Å². The van der Waals surface area contributed by atoms with Gasteiger partial charge in [-0.25, -0.2) is 14.6 Å². The van der Waals surface area contributed by atoms with Crippen LogP contribution in [-0.4, -0.2) is 39.4 Å². The van der Waals surface area contributed by atoms with Crippen molar-refractivity contribution in [2.24, 2.45) is 13.0 Å². The molecule has 0 radical (unpaired) electrons. The van der Waals surface area contributed by atoms with Gasteiger partial charge in [0.05, 0.1) is 11.9 Å². The molecule has 0 aromatic carbocycles. The number of aryl methyl sites for hydroxylation is 3. The third-order valence-corrected chi connectivity index (χ3v) is 4.86. The normalized spacial score (nSPS) is 15.4. The molecule has 3 heterocycles. The zero-order valence-corrected chi connectivity index (χ0v) is 15.2. The van der Waals surface area contributed by atoms with Crippen LogP contribution in [-0.2, 0) is 13.5 Å². The summed E-state index contributed by atoms with van der Waals surface area (Å²) < 4.78 is 1.36. The Labute approximate surface area is 148 Å². The third kappa shape index (κ3) is 4.15. The van der Waals surface area contributed by atoms with E-state index in [1.807, 2.05) is 13.1 Å². The van der Waals surface area contributed by atoms with Gasteiger partial charge in [0.25, 0.3) is 5.56 Å². The van der Waals surface area contributed by atoms with Crippen molar-refractivity contribution in [3.05, 3.63) is 40.2 Å². The predicted molar refractivity (Wildman–Crippen MR) is 99.1 cm³/mol. The fraction of sp³-hybridized carbons (Fsp3) is 0.556. The molecule has 1 aliphatic rings. The van der Waals surface area contributed by atoms with Crippen LogP contribution in [0, 0.1) is 12.8 Å². The van der Waals surface area contributed by atoms with E-state index >= 15 is 0 Å². The SMILES string of the molecule is CCc1cnc(C)nc1NCC1CCN(c2cnn(C)c(=O)c2)CC1. The van der Waals surface area contributed by atoms with Crippen LogP contribution in [0.15, 0.2) is 23.3 Å². The fourth-order valence-electron chi connectivity index (χ4n) is 3.18. The highest BCUT2D eigenvalue weighted by Gasteiger charge is 2.20. The van der Waals surface area contributed by atoms with E-state index in [0.29, 0.717) is 5.92 Å². The van der Waals surface area contributed by atoms with Crippen molar-refractivity contribution >= 4 is 11.5 Å². The first kappa shape index (κ1) is 17.4. The largest absolute Gasteiger partial charge is 0.370 e. The quantitative estimate of drug-likeness (QED) is 0.892. The summed E-state index contributed by atoms with van der Waals surface area (Å²) in [6.45, 7) is 6.86. The summed E-state index contributed by atoms with van der Waals surface area (Å²) in [4.78, 5) is 22.8. The topological polar surface area (TPSA) is 75.9 Å². The van der Waals surface area contributed by atoms with E-state index in [1.165, 1.54) is 4.68 Å². The van der Waals surface area contributed by atoms with E-state index in [1.54, 1.807) is 19.3 Å². The monoisotopic (exact) mass is 342 g/mol. The first-order chi connectivity index (χ1) is 12.1. The summed E-state index contributed by atoms with van der Waals surface area (Å²) in [6.07, 6.45) is 6.80. The Morgan fingerprint density at radius 2 is 2.04 bits per heavy atom. The van der Waals surface area contributed by atoms with Crippen LogP contribution in [0.1, 0.15) is 31.2 Å². The van der Waals surface area contributed by atoms with Crippen molar-refractivity contribution in [2.45, 2.75) is 33.1 Å². The molecule has 25 heavy (non-hydrogen) atoms. The van der Waals surface area contributed by atoms with E-state index in [9.17, 15) is 4.79 Å². The van der Waals surface area contributed by atoms with Crippen molar-refractivity contribution in [2.75, 3.05) is 29.9 Å². The number of piperidine rings is 1. The molecule has 0 amide bonds. The van der Waals surface area contributed by atoms with Crippen LogP contribution >= 0.6 is 0 Å². The van der Waals surface area contributed by atoms with E-state index in [0.717, 1.165) is 61.8 Å². The van der Waals surface area contributed by atoms with Crippen LogP contribution in [0.5, 0.6) is 0 Å². The number of rotatable bonds is 5. The van der Waals surface area contributed by atoms with Gasteiger partial charge in [-0.1, -0.05) is 6.92 Å². The molecule has 0 saturated carbocycles. The third-order valence-electron chi connectivity index (χ3n) is 4.86. The molecular formula is C18H26N6O. The fourth-order valence-corrected chi connectivity index (χ4v) is 3.18. The molecule has 3 rings (SSSR count). The van der Waals surface area contributed by atoms with Gasteiger partial charge in [-0.2, -0.15) is 5.10 Å². The molecule has 2 aromatic heterocycles. The Kier molecular flexibility index (Phi) is 5.31. The Balaban J connectivity index is 1.55. The molecule has 0 spiro atoms. The first-order valence-electron chi connectivity index (χ1n) is 8.91. The minimum atomic E-state index is -0.0625. The zero-order chi connectivity index (χ0) is 17.8. The first-order valence-corrected chi connectivity index (χ1v) is 8.91. The number of nitrogens with zero attached hydrogens (tertiary/aromatic N) is 5. The summed E-state index contributed by atoms with van der Waals surface area (Å²) in [7, 11) is 1.67. The summed E-state index contributed by atoms with van der Waals surface area (Å²) in [5.41, 5.74) is 2.02. The molecule has 1 aliphatic heterocycles. The highest BCUT2D eigenvalue weighted by molar-refractivity contribution is 5.44. The second kappa shape index (κ2) is 7.63. The van der Waals surface area contributed by atoms with Gasteiger partial charge in [0.2, 0.25) is 0 Å². The zero-order valence-electron chi connectivity index (χ0n) is 15.2. The number of anilines is 2. The molecule has 1 N–H and O–H groups in total. The molecule has 7 heteroatoms. The van der Waals surface area contributed by atoms with E-state index in [-0.39, 0.29) is 5.56 Å². The lowest BCUT2D eigenvalue weighted by molar-refractivity contribution is 0.422.